The van der Waals surface area contributed by atoms with Crippen molar-refractivity contribution in [1.29, 1.82) is 0 Å². The fourth-order valence-electron chi connectivity index (χ4n) is 3.93. The van der Waals surface area contributed by atoms with Crippen molar-refractivity contribution in [3.63, 3.8) is 0 Å². The first kappa shape index (κ1) is 15.8. The molecule has 0 unspecified atom stereocenters. The Hall–Kier alpha value is -1.69. The Morgan fingerprint density at radius 2 is 2.25 bits per heavy atom. The van der Waals surface area contributed by atoms with Gasteiger partial charge in [-0.25, -0.2) is 4.68 Å². The highest BCUT2D eigenvalue weighted by molar-refractivity contribution is 5.77. The molecule has 2 atom stereocenters. The largest absolute Gasteiger partial charge is 0.384 e. The van der Waals surface area contributed by atoms with Crippen LogP contribution in [-0.4, -0.2) is 46.1 Å². The SMILES string of the molecule is COC[C@@H]1CN(C(=O)C[C@H]2C=CCC2)Cc2nnn(CC3CC3)c21. The van der Waals surface area contributed by atoms with Crippen LogP contribution in [0.3, 0.4) is 0 Å². The summed E-state index contributed by atoms with van der Waals surface area (Å²) in [5.41, 5.74) is 2.15. The Kier molecular flexibility index (Phi) is 4.39. The van der Waals surface area contributed by atoms with Gasteiger partial charge in [0.2, 0.25) is 5.91 Å². The third-order valence-electron chi connectivity index (χ3n) is 5.41. The first-order valence-electron chi connectivity index (χ1n) is 9.10. The summed E-state index contributed by atoms with van der Waals surface area (Å²) in [6, 6.07) is 0. The lowest BCUT2D eigenvalue weighted by molar-refractivity contribution is -0.133. The molecule has 1 aliphatic heterocycles. The summed E-state index contributed by atoms with van der Waals surface area (Å²) in [4.78, 5) is 14.7. The molecule has 0 radical (unpaired) electrons. The van der Waals surface area contributed by atoms with E-state index in [2.05, 4.69) is 27.1 Å². The van der Waals surface area contributed by atoms with Gasteiger partial charge in [-0.05, 0) is 37.5 Å². The number of fused-ring (bicyclic) bond motifs is 1. The summed E-state index contributed by atoms with van der Waals surface area (Å²) in [6.07, 6.45) is 9.77. The van der Waals surface area contributed by atoms with Gasteiger partial charge in [0.05, 0.1) is 18.8 Å². The molecule has 1 saturated carbocycles. The Morgan fingerprint density at radius 1 is 1.38 bits per heavy atom. The Bertz CT molecular complexity index is 635. The average Bonchev–Trinajstić information content (AvgIpc) is 3.06. The average molecular weight is 330 g/mol. The Balaban J connectivity index is 1.49. The fourth-order valence-corrected chi connectivity index (χ4v) is 3.93. The molecule has 1 fully saturated rings. The van der Waals surface area contributed by atoms with Crippen molar-refractivity contribution in [3.8, 4) is 0 Å². The monoisotopic (exact) mass is 330 g/mol. The van der Waals surface area contributed by atoms with Gasteiger partial charge in [0.15, 0.2) is 0 Å². The molecule has 2 aliphatic carbocycles. The predicted molar refractivity (Wildman–Crippen MR) is 89.3 cm³/mol. The van der Waals surface area contributed by atoms with Crippen LogP contribution in [0.2, 0.25) is 0 Å². The van der Waals surface area contributed by atoms with Crippen LogP contribution in [-0.2, 0) is 22.6 Å². The van der Waals surface area contributed by atoms with Gasteiger partial charge in [-0.2, -0.15) is 0 Å². The molecular formula is C18H26N4O2. The van der Waals surface area contributed by atoms with Gasteiger partial charge >= 0.3 is 0 Å². The maximum atomic E-state index is 12.7. The second kappa shape index (κ2) is 6.67. The lowest BCUT2D eigenvalue weighted by Crippen LogP contribution is -2.40. The number of rotatable bonds is 6. The van der Waals surface area contributed by atoms with E-state index in [9.17, 15) is 4.79 Å². The number of ether oxygens (including phenoxy) is 1. The molecule has 0 spiro atoms. The molecule has 0 saturated heterocycles. The van der Waals surface area contributed by atoms with Crippen LogP contribution in [0.5, 0.6) is 0 Å². The molecule has 4 rings (SSSR count). The van der Waals surface area contributed by atoms with Gasteiger partial charge in [-0.15, -0.1) is 5.10 Å². The summed E-state index contributed by atoms with van der Waals surface area (Å²) in [5, 5.41) is 8.75. The molecule has 2 heterocycles. The third kappa shape index (κ3) is 3.24. The van der Waals surface area contributed by atoms with Gasteiger partial charge in [0.1, 0.15) is 5.69 Å². The van der Waals surface area contributed by atoms with Gasteiger partial charge in [0, 0.05) is 32.5 Å². The molecule has 0 bridgehead atoms. The number of carbonyl (C=O) groups is 1. The summed E-state index contributed by atoms with van der Waals surface area (Å²) >= 11 is 0. The van der Waals surface area contributed by atoms with E-state index in [0.717, 1.165) is 31.0 Å². The minimum absolute atomic E-state index is 0.176. The van der Waals surface area contributed by atoms with Crippen molar-refractivity contribution < 1.29 is 9.53 Å². The highest BCUT2D eigenvalue weighted by Crippen LogP contribution is 2.34. The molecule has 130 valence electrons. The topological polar surface area (TPSA) is 60.2 Å². The summed E-state index contributed by atoms with van der Waals surface area (Å²) < 4.78 is 7.49. The van der Waals surface area contributed by atoms with Crippen molar-refractivity contribution in [2.24, 2.45) is 11.8 Å². The molecule has 0 N–H and O–H groups in total. The zero-order valence-electron chi connectivity index (χ0n) is 14.4. The van der Waals surface area contributed by atoms with Crippen LogP contribution in [0, 0.1) is 11.8 Å². The smallest absolute Gasteiger partial charge is 0.223 e. The summed E-state index contributed by atoms with van der Waals surface area (Å²) in [5.74, 6) is 1.57. The van der Waals surface area contributed by atoms with E-state index in [4.69, 9.17) is 4.74 Å². The number of aromatic nitrogens is 3. The molecule has 1 aromatic heterocycles. The Labute approximate surface area is 142 Å². The number of amides is 1. The summed E-state index contributed by atoms with van der Waals surface area (Å²) in [7, 11) is 1.72. The van der Waals surface area contributed by atoms with E-state index >= 15 is 0 Å². The van der Waals surface area contributed by atoms with Crippen LogP contribution >= 0.6 is 0 Å². The molecule has 24 heavy (non-hydrogen) atoms. The zero-order chi connectivity index (χ0) is 16.5. The predicted octanol–water partition coefficient (Wildman–Crippen LogP) is 2.12. The zero-order valence-corrected chi connectivity index (χ0v) is 14.4. The van der Waals surface area contributed by atoms with E-state index < -0.39 is 0 Å². The number of carbonyl (C=O) groups excluding carboxylic acids is 1. The molecular weight excluding hydrogens is 304 g/mol. The van der Waals surface area contributed by atoms with Crippen LogP contribution in [0.4, 0.5) is 0 Å². The molecule has 1 aromatic rings. The van der Waals surface area contributed by atoms with Crippen molar-refractivity contribution in [1.82, 2.24) is 19.9 Å². The van der Waals surface area contributed by atoms with E-state index in [1.165, 1.54) is 18.5 Å². The van der Waals surface area contributed by atoms with E-state index in [0.29, 0.717) is 32.0 Å². The molecule has 3 aliphatic rings. The second-order valence-electron chi connectivity index (χ2n) is 7.44. The van der Waals surface area contributed by atoms with Crippen molar-refractivity contribution in [2.75, 3.05) is 20.3 Å². The van der Waals surface area contributed by atoms with Gasteiger partial charge < -0.3 is 9.64 Å². The van der Waals surface area contributed by atoms with Gasteiger partial charge in [-0.3, -0.25) is 4.79 Å². The minimum Gasteiger partial charge on any atom is -0.384 e. The maximum absolute atomic E-state index is 12.7. The fraction of sp³-hybridized carbons (Fsp3) is 0.722. The van der Waals surface area contributed by atoms with Crippen LogP contribution < -0.4 is 0 Å². The second-order valence-corrected chi connectivity index (χ2v) is 7.44. The van der Waals surface area contributed by atoms with Gasteiger partial charge in [0.25, 0.3) is 0 Å². The Morgan fingerprint density at radius 3 is 2.96 bits per heavy atom. The molecule has 0 aromatic carbocycles. The van der Waals surface area contributed by atoms with Crippen LogP contribution in [0.1, 0.15) is 49.4 Å². The number of hydrogen-bond donors (Lipinski definition) is 0. The quantitative estimate of drug-likeness (QED) is 0.750. The first-order chi connectivity index (χ1) is 11.7. The van der Waals surface area contributed by atoms with E-state index in [1.54, 1.807) is 7.11 Å². The molecule has 1 amide bonds. The standard InChI is InChI=1S/C18H26N4O2/c1-24-12-15-10-21(17(23)8-13-4-2-3-5-13)11-16-18(15)22(20-19-16)9-14-6-7-14/h2,4,13-15H,3,5-12H2,1H3/t13-,15-/m0/s1. The normalized spacial score (nSPS) is 26.0. The number of allylic oxidation sites excluding steroid dienone is 2. The lowest BCUT2D eigenvalue weighted by atomic mass is 9.97. The lowest BCUT2D eigenvalue weighted by Gasteiger charge is -2.32. The van der Waals surface area contributed by atoms with Gasteiger partial charge in [-0.1, -0.05) is 17.4 Å². The molecule has 6 heteroatoms. The van der Waals surface area contributed by atoms with Crippen molar-refractivity contribution >= 4 is 5.91 Å². The highest BCUT2D eigenvalue weighted by Gasteiger charge is 2.35. The number of methoxy groups -OCH3 is 1. The maximum Gasteiger partial charge on any atom is 0.223 e. The van der Waals surface area contributed by atoms with Crippen molar-refractivity contribution in [3.05, 3.63) is 23.5 Å². The van der Waals surface area contributed by atoms with E-state index in [1.807, 2.05) is 4.90 Å². The van der Waals surface area contributed by atoms with E-state index in [-0.39, 0.29) is 11.8 Å². The number of nitrogens with zero attached hydrogens (tertiary/aromatic N) is 4. The minimum atomic E-state index is 0.176. The van der Waals surface area contributed by atoms with Crippen LogP contribution in [0.15, 0.2) is 12.2 Å². The number of hydrogen-bond acceptors (Lipinski definition) is 4. The first-order valence-corrected chi connectivity index (χ1v) is 9.10. The van der Waals surface area contributed by atoms with Crippen LogP contribution in [0.25, 0.3) is 0 Å². The third-order valence-corrected chi connectivity index (χ3v) is 5.41. The molecule has 6 nitrogen and oxygen atoms in total. The summed E-state index contributed by atoms with van der Waals surface area (Å²) in [6.45, 7) is 2.88. The van der Waals surface area contributed by atoms with Crippen molar-refractivity contribution in [2.45, 2.75) is 51.1 Å². The highest BCUT2D eigenvalue weighted by atomic mass is 16.5.